The van der Waals surface area contributed by atoms with E-state index in [1.165, 1.54) is 29.7 Å². The molecule has 0 spiro atoms. The van der Waals surface area contributed by atoms with Gasteiger partial charge in [-0.1, -0.05) is 24.3 Å². The van der Waals surface area contributed by atoms with E-state index in [0.29, 0.717) is 16.2 Å². The molecule has 1 aromatic heterocycles. The summed E-state index contributed by atoms with van der Waals surface area (Å²) in [6.07, 6.45) is 1.38. The molecule has 0 radical (unpaired) electrons. The third kappa shape index (κ3) is 6.08. The Kier molecular flexibility index (Phi) is 7.07. The van der Waals surface area contributed by atoms with E-state index in [-0.39, 0.29) is 4.90 Å². The Morgan fingerprint density at radius 3 is 2.40 bits per heavy atom. The predicted molar refractivity (Wildman–Crippen MR) is 113 cm³/mol. The lowest BCUT2D eigenvalue weighted by Crippen LogP contribution is -2.34. The first-order chi connectivity index (χ1) is 14.4. The molecule has 2 N–H and O–H groups in total. The summed E-state index contributed by atoms with van der Waals surface area (Å²) >= 11 is 1.29. The van der Waals surface area contributed by atoms with E-state index < -0.39 is 28.4 Å². The van der Waals surface area contributed by atoms with Gasteiger partial charge in [-0.05, 0) is 53.4 Å². The van der Waals surface area contributed by atoms with Crippen LogP contribution in [-0.2, 0) is 14.8 Å². The van der Waals surface area contributed by atoms with E-state index in [0.717, 1.165) is 0 Å². The number of sulfonamides is 1. The van der Waals surface area contributed by atoms with Crippen LogP contribution in [0.1, 0.15) is 15.2 Å². The standard InChI is InChI=1S/C20H17N3O5S2/c24-19(14-22-30(26,27)17-5-2-1-3-6-17)23-21-13-15-8-10-16(11-9-15)28-20(25)18-7-4-12-29-18/h1-13,22H,14H2,(H,23,24)/b21-13-. The maximum atomic E-state index is 12.1. The van der Waals surface area contributed by atoms with Crippen molar-refractivity contribution in [1.29, 1.82) is 0 Å². The van der Waals surface area contributed by atoms with Crippen LogP contribution in [0.3, 0.4) is 0 Å². The van der Waals surface area contributed by atoms with Crippen LogP contribution in [0.25, 0.3) is 0 Å². The van der Waals surface area contributed by atoms with Crippen molar-refractivity contribution in [1.82, 2.24) is 10.1 Å². The number of amides is 1. The number of esters is 1. The van der Waals surface area contributed by atoms with Gasteiger partial charge in [0.05, 0.1) is 17.7 Å². The monoisotopic (exact) mass is 443 g/mol. The molecule has 0 bridgehead atoms. The molecule has 10 heteroatoms. The summed E-state index contributed by atoms with van der Waals surface area (Å²) < 4.78 is 31.5. The number of benzene rings is 2. The Morgan fingerprint density at radius 2 is 1.73 bits per heavy atom. The number of carbonyl (C=O) groups excluding carboxylic acids is 2. The molecule has 2 aromatic carbocycles. The molecule has 30 heavy (non-hydrogen) atoms. The van der Waals surface area contributed by atoms with Gasteiger partial charge in [0.2, 0.25) is 10.0 Å². The van der Waals surface area contributed by atoms with Gasteiger partial charge >= 0.3 is 5.97 Å². The van der Waals surface area contributed by atoms with Crippen molar-refractivity contribution in [3.8, 4) is 5.75 Å². The molecule has 8 nitrogen and oxygen atoms in total. The topological polar surface area (TPSA) is 114 Å². The van der Waals surface area contributed by atoms with E-state index >= 15 is 0 Å². The Morgan fingerprint density at radius 1 is 1.00 bits per heavy atom. The maximum Gasteiger partial charge on any atom is 0.353 e. The first-order valence-corrected chi connectivity index (χ1v) is 11.0. The summed E-state index contributed by atoms with van der Waals surface area (Å²) in [6.45, 7) is -0.452. The van der Waals surface area contributed by atoms with Crippen LogP contribution in [0.4, 0.5) is 0 Å². The fraction of sp³-hybridized carbons (Fsp3) is 0.0500. The number of ether oxygens (including phenoxy) is 1. The number of nitrogens with zero attached hydrogens (tertiary/aromatic N) is 1. The first-order valence-electron chi connectivity index (χ1n) is 8.66. The van der Waals surface area contributed by atoms with E-state index in [2.05, 4.69) is 15.2 Å². The summed E-state index contributed by atoms with van der Waals surface area (Å²) in [6, 6.07) is 17.7. The number of thiophene rings is 1. The lowest BCUT2D eigenvalue weighted by atomic mass is 10.2. The molecule has 0 aliphatic carbocycles. The average Bonchev–Trinajstić information content (AvgIpc) is 3.29. The number of hydrogen-bond acceptors (Lipinski definition) is 7. The lowest BCUT2D eigenvalue weighted by Gasteiger charge is -2.05. The smallest absolute Gasteiger partial charge is 0.353 e. The van der Waals surface area contributed by atoms with Gasteiger partial charge in [0.25, 0.3) is 5.91 Å². The maximum absolute atomic E-state index is 12.1. The summed E-state index contributed by atoms with van der Waals surface area (Å²) in [4.78, 5) is 24.3. The molecular formula is C20H17N3O5S2. The Hall–Kier alpha value is -3.34. The number of nitrogens with one attached hydrogen (secondary N) is 2. The van der Waals surface area contributed by atoms with Crippen molar-refractivity contribution in [3.63, 3.8) is 0 Å². The van der Waals surface area contributed by atoms with Gasteiger partial charge in [-0.2, -0.15) is 5.10 Å². The second-order valence-corrected chi connectivity index (χ2v) is 8.58. The van der Waals surface area contributed by atoms with Crippen molar-refractivity contribution >= 4 is 39.5 Å². The fourth-order valence-electron chi connectivity index (χ4n) is 2.24. The van der Waals surface area contributed by atoms with Gasteiger partial charge in [0, 0.05) is 0 Å². The molecule has 154 valence electrons. The molecule has 0 unspecified atom stereocenters. The third-order valence-electron chi connectivity index (χ3n) is 3.69. The number of carbonyl (C=O) groups is 2. The fourth-order valence-corrected chi connectivity index (χ4v) is 3.84. The molecule has 0 aliphatic rings. The van der Waals surface area contributed by atoms with Crippen molar-refractivity contribution in [2.75, 3.05) is 6.54 Å². The Balaban J connectivity index is 1.46. The van der Waals surface area contributed by atoms with Crippen molar-refractivity contribution in [2.24, 2.45) is 5.10 Å². The molecule has 3 aromatic rings. The zero-order chi connectivity index (χ0) is 21.4. The van der Waals surface area contributed by atoms with Gasteiger partial charge in [-0.15, -0.1) is 11.3 Å². The SMILES string of the molecule is O=C(CNS(=O)(=O)c1ccccc1)N/N=C\c1ccc(OC(=O)c2cccs2)cc1. The molecule has 0 aliphatic heterocycles. The van der Waals surface area contributed by atoms with E-state index in [1.54, 1.807) is 60.0 Å². The second-order valence-electron chi connectivity index (χ2n) is 5.87. The van der Waals surface area contributed by atoms with Crippen molar-refractivity contribution in [3.05, 3.63) is 82.6 Å². The zero-order valence-corrected chi connectivity index (χ0v) is 17.2. The highest BCUT2D eigenvalue weighted by Gasteiger charge is 2.14. The van der Waals surface area contributed by atoms with Crippen molar-refractivity contribution in [2.45, 2.75) is 4.90 Å². The molecule has 3 rings (SSSR count). The third-order valence-corrected chi connectivity index (χ3v) is 5.96. The van der Waals surface area contributed by atoms with Crippen LogP contribution in [0.2, 0.25) is 0 Å². The van der Waals surface area contributed by atoms with Gasteiger partial charge in [-0.3, -0.25) is 4.79 Å². The minimum absolute atomic E-state index is 0.0705. The van der Waals surface area contributed by atoms with Crippen LogP contribution in [-0.4, -0.2) is 33.1 Å². The van der Waals surface area contributed by atoms with Gasteiger partial charge in [0.15, 0.2) is 0 Å². The number of hydrogen-bond donors (Lipinski definition) is 2. The van der Waals surface area contributed by atoms with Crippen LogP contribution in [0.5, 0.6) is 5.75 Å². The highest BCUT2D eigenvalue weighted by molar-refractivity contribution is 7.89. The summed E-state index contributed by atoms with van der Waals surface area (Å²) in [5, 5.41) is 5.57. The van der Waals surface area contributed by atoms with Gasteiger partial charge < -0.3 is 4.74 Å². The average molecular weight is 444 g/mol. The number of rotatable bonds is 8. The highest BCUT2D eigenvalue weighted by atomic mass is 32.2. The van der Waals surface area contributed by atoms with Gasteiger partial charge in [0.1, 0.15) is 10.6 Å². The van der Waals surface area contributed by atoms with E-state index in [1.807, 2.05) is 0 Å². The normalized spacial score (nSPS) is 11.3. The predicted octanol–water partition coefficient (Wildman–Crippen LogP) is 2.40. The summed E-state index contributed by atoms with van der Waals surface area (Å²) in [7, 11) is -3.77. The van der Waals surface area contributed by atoms with Crippen LogP contribution >= 0.6 is 11.3 Å². The van der Waals surface area contributed by atoms with Gasteiger partial charge in [-0.25, -0.2) is 23.4 Å². The number of hydrazone groups is 1. The molecule has 0 fully saturated rings. The highest BCUT2D eigenvalue weighted by Crippen LogP contribution is 2.16. The molecule has 1 heterocycles. The zero-order valence-electron chi connectivity index (χ0n) is 15.5. The van der Waals surface area contributed by atoms with Crippen LogP contribution < -0.4 is 14.9 Å². The minimum Gasteiger partial charge on any atom is -0.422 e. The van der Waals surface area contributed by atoms with E-state index in [9.17, 15) is 18.0 Å². The molecule has 0 saturated carbocycles. The summed E-state index contributed by atoms with van der Waals surface area (Å²) in [5.41, 5.74) is 2.89. The molecule has 1 amide bonds. The Bertz CT molecular complexity index is 1130. The van der Waals surface area contributed by atoms with E-state index in [4.69, 9.17) is 4.74 Å². The lowest BCUT2D eigenvalue weighted by molar-refractivity contribution is -0.119. The summed E-state index contributed by atoms with van der Waals surface area (Å²) in [5.74, 6) is -0.672. The van der Waals surface area contributed by atoms with Crippen molar-refractivity contribution < 1.29 is 22.7 Å². The quantitative estimate of drug-likeness (QED) is 0.240. The largest absolute Gasteiger partial charge is 0.422 e. The van der Waals surface area contributed by atoms with Crippen LogP contribution in [0, 0.1) is 0 Å². The Labute approximate surface area is 177 Å². The molecule has 0 atom stereocenters. The molecular weight excluding hydrogens is 426 g/mol. The molecule has 0 saturated heterocycles. The minimum atomic E-state index is -3.77. The van der Waals surface area contributed by atoms with Crippen LogP contribution in [0.15, 0.2) is 82.1 Å². The second kappa shape index (κ2) is 9.92. The first kappa shape index (κ1) is 21.4.